The Morgan fingerprint density at radius 2 is 1.69 bits per heavy atom. The molecule has 0 fully saturated rings. The first kappa shape index (κ1) is 18.2. The van der Waals surface area contributed by atoms with Crippen LogP contribution in [0.5, 0.6) is 11.5 Å². The number of benzene rings is 2. The first-order valence-electron chi connectivity index (χ1n) is 8.59. The fourth-order valence-electron chi connectivity index (χ4n) is 2.56. The number of nitrogens with zero attached hydrogens (tertiary/aromatic N) is 5. The van der Waals surface area contributed by atoms with Gasteiger partial charge in [0.1, 0.15) is 0 Å². The van der Waals surface area contributed by atoms with Crippen molar-refractivity contribution >= 4 is 23.3 Å². The van der Waals surface area contributed by atoms with E-state index in [0.717, 1.165) is 0 Å². The molecule has 0 spiro atoms. The van der Waals surface area contributed by atoms with Crippen molar-refractivity contribution in [2.75, 3.05) is 31.5 Å². The van der Waals surface area contributed by atoms with E-state index >= 15 is 0 Å². The van der Waals surface area contributed by atoms with Gasteiger partial charge >= 0.3 is 6.03 Å². The lowest BCUT2D eigenvalue weighted by atomic mass is 10.2. The summed E-state index contributed by atoms with van der Waals surface area (Å²) in [5.41, 5.74) is 1.74. The van der Waals surface area contributed by atoms with E-state index in [1.54, 1.807) is 56.6 Å². The molecule has 3 aromatic rings. The Hall–Kier alpha value is -4.15. The second kappa shape index (κ2) is 7.46. The minimum atomic E-state index is -0.408. The molecule has 0 atom stereocenters. The SMILES string of the molecule is CN(C)C(=O)c1nnn(-c2ccc(NC(=O)Nc3ccc4c(c3)OCO4)cc2)n1. The van der Waals surface area contributed by atoms with E-state index in [1.807, 2.05) is 0 Å². The summed E-state index contributed by atoms with van der Waals surface area (Å²) in [7, 11) is 3.22. The third-order valence-corrected chi connectivity index (χ3v) is 4.00. The number of rotatable bonds is 4. The molecular weight excluding hydrogens is 378 g/mol. The normalized spacial score (nSPS) is 11.8. The number of urea groups is 1. The van der Waals surface area contributed by atoms with Crippen molar-refractivity contribution in [3.63, 3.8) is 0 Å². The summed E-state index contributed by atoms with van der Waals surface area (Å²) in [4.78, 5) is 26.7. The summed E-state index contributed by atoms with van der Waals surface area (Å²) in [6.07, 6.45) is 0. The number of tetrazole rings is 1. The van der Waals surface area contributed by atoms with Gasteiger partial charge in [-0.15, -0.1) is 15.0 Å². The maximum absolute atomic E-state index is 12.2. The molecule has 29 heavy (non-hydrogen) atoms. The van der Waals surface area contributed by atoms with Crippen molar-refractivity contribution in [2.45, 2.75) is 0 Å². The van der Waals surface area contributed by atoms with Gasteiger partial charge in [-0.2, -0.15) is 0 Å². The van der Waals surface area contributed by atoms with Crippen molar-refractivity contribution in [3.05, 3.63) is 48.3 Å². The number of nitrogens with one attached hydrogen (secondary N) is 2. The van der Waals surface area contributed by atoms with Crippen molar-refractivity contribution in [1.29, 1.82) is 0 Å². The van der Waals surface area contributed by atoms with Crippen LogP contribution in [0.4, 0.5) is 16.2 Å². The van der Waals surface area contributed by atoms with Gasteiger partial charge in [0.2, 0.25) is 6.79 Å². The number of fused-ring (bicyclic) bond motifs is 1. The van der Waals surface area contributed by atoms with Crippen LogP contribution in [0.25, 0.3) is 5.69 Å². The van der Waals surface area contributed by atoms with Gasteiger partial charge in [-0.1, -0.05) is 0 Å². The summed E-state index contributed by atoms with van der Waals surface area (Å²) < 4.78 is 10.5. The van der Waals surface area contributed by atoms with E-state index < -0.39 is 6.03 Å². The van der Waals surface area contributed by atoms with Gasteiger partial charge in [0, 0.05) is 31.5 Å². The number of hydrogen-bond donors (Lipinski definition) is 2. The molecule has 11 heteroatoms. The standard InChI is InChI=1S/C18H17N7O4/c1-24(2)17(26)16-21-23-25(22-16)13-6-3-11(4-7-13)19-18(27)20-12-5-8-14-15(9-12)29-10-28-14/h3-9H,10H2,1-2H3,(H2,19,20,27). The Balaban J connectivity index is 1.39. The third-order valence-electron chi connectivity index (χ3n) is 4.00. The number of amides is 3. The molecule has 4 rings (SSSR count). The summed E-state index contributed by atoms with van der Waals surface area (Å²) >= 11 is 0. The molecule has 2 heterocycles. The van der Waals surface area contributed by atoms with Crippen molar-refractivity contribution in [2.24, 2.45) is 0 Å². The van der Waals surface area contributed by atoms with Gasteiger partial charge in [0.05, 0.1) is 5.69 Å². The number of hydrogen-bond acceptors (Lipinski definition) is 7. The lowest BCUT2D eigenvalue weighted by molar-refractivity contribution is 0.0815. The largest absolute Gasteiger partial charge is 0.454 e. The number of carbonyl (C=O) groups excluding carboxylic acids is 2. The Bertz CT molecular complexity index is 1060. The maximum atomic E-state index is 12.2. The van der Waals surface area contributed by atoms with Crippen LogP contribution >= 0.6 is 0 Å². The first-order chi connectivity index (χ1) is 14.0. The molecule has 1 aliphatic heterocycles. The van der Waals surface area contributed by atoms with Gasteiger partial charge in [-0.25, -0.2) is 4.79 Å². The number of ether oxygens (including phenoxy) is 2. The highest BCUT2D eigenvalue weighted by molar-refractivity contribution is 6.00. The predicted molar refractivity (Wildman–Crippen MR) is 102 cm³/mol. The van der Waals surface area contributed by atoms with Gasteiger partial charge in [-0.3, -0.25) is 4.79 Å². The first-order valence-corrected chi connectivity index (χ1v) is 8.59. The molecule has 0 aliphatic carbocycles. The van der Waals surface area contributed by atoms with Crippen LogP contribution in [-0.2, 0) is 0 Å². The molecule has 0 saturated carbocycles. The third kappa shape index (κ3) is 3.93. The van der Waals surface area contributed by atoms with Gasteiger partial charge in [0.25, 0.3) is 11.7 Å². The molecule has 0 saturated heterocycles. The molecule has 0 radical (unpaired) electrons. The van der Waals surface area contributed by atoms with E-state index in [0.29, 0.717) is 28.6 Å². The van der Waals surface area contributed by atoms with Crippen molar-refractivity contribution in [1.82, 2.24) is 25.1 Å². The second-order valence-electron chi connectivity index (χ2n) is 6.30. The molecular formula is C18H17N7O4. The van der Waals surface area contributed by atoms with Gasteiger partial charge in [0.15, 0.2) is 11.5 Å². The molecule has 3 amide bonds. The predicted octanol–water partition coefficient (Wildman–Crippen LogP) is 1.74. The minimum absolute atomic E-state index is 0.000283. The monoisotopic (exact) mass is 395 g/mol. The number of carbonyl (C=O) groups is 2. The highest BCUT2D eigenvalue weighted by Gasteiger charge is 2.16. The average Bonchev–Trinajstić information content (AvgIpc) is 3.37. The van der Waals surface area contributed by atoms with Crippen LogP contribution in [0.1, 0.15) is 10.6 Å². The quantitative estimate of drug-likeness (QED) is 0.689. The molecule has 0 unspecified atom stereocenters. The zero-order valence-corrected chi connectivity index (χ0v) is 15.6. The van der Waals surface area contributed by atoms with E-state index in [9.17, 15) is 9.59 Å². The lowest BCUT2D eigenvalue weighted by Crippen LogP contribution is -2.23. The van der Waals surface area contributed by atoms with E-state index in [2.05, 4.69) is 26.0 Å². The lowest BCUT2D eigenvalue weighted by Gasteiger charge is -2.09. The molecule has 11 nitrogen and oxygen atoms in total. The zero-order valence-electron chi connectivity index (χ0n) is 15.6. The Labute approximate surface area is 165 Å². The summed E-state index contributed by atoms with van der Waals surface area (Å²) in [5, 5.41) is 17.1. The highest BCUT2D eigenvalue weighted by atomic mass is 16.7. The Morgan fingerprint density at radius 3 is 2.45 bits per heavy atom. The smallest absolute Gasteiger partial charge is 0.323 e. The summed E-state index contributed by atoms with van der Waals surface area (Å²) in [6, 6.07) is 11.5. The summed E-state index contributed by atoms with van der Waals surface area (Å²) in [6.45, 7) is 0.169. The van der Waals surface area contributed by atoms with Gasteiger partial charge in [-0.05, 0) is 41.6 Å². The fourth-order valence-corrected chi connectivity index (χ4v) is 2.56. The highest BCUT2D eigenvalue weighted by Crippen LogP contribution is 2.34. The average molecular weight is 395 g/mol. The van der Waals surface area contributed by atoms with E-state index in [-0.39, 0.29) is 18.5 Å². The summed E-state index contributed by atoms with van der Waals surface area (Å²) in [5.74, 6) is 0.887. The molecule has 1 aliphatic rings. The molecule has 0 bridgehead atoms. The molecule has 148 valence electrons. The van der Waals surface area contributed by atoms with Crippen molar-refractivity contribution in [3.8, 4) is 17.2 Å². The van der Waals surface area contributed by atoms with E-state index in [4.69, 9.17) is 9.47 Å². The molecule has 2 N–H and O–H groups in total. The van der Waals surface area contributed by atoms with Crippen LogP contribution in [0.15, 0.2) is 42.5 Å². The zero-order chi connectivity index (χ0) is 20.4. The van der Waals surface area contributed by atoms with Crippen LogP contribution in [-0.4, -0.2) is 57.9 Å². The second-order valence-corrected chi connectivity index (χ2v) is 6.30. The number of anilines is 2. The minimum Gasteiger partial charge on any atom is -0.454 e. The fraction of sp³-hybridized carbons (Fsp3) is 0.167. The maximum Gasteiger partial charge on any atom is 0.323 e. The molecule has 1 aromatic heterocycles. The topological polar surface area (TPSA) is 124 Å². The Kier molecular flexibility index (Phi) is 4.69. The van der Waals surface area contributed by atoms with Gasteiger partial charge < -0.3 is 25.0 Å². The van der Waals surface area contributed by atoms with E-state index in [1.165, 1.54) is 9.70 Å². The van der Waals surface area contributed by atoms with Crippen LogP contribution in [0, 0.1) is 0 Å². The van der Waals surface area contributed by atoms with Crippen LogP contribution in [0.3, 0.4) is 0 Å². The Morgan fingerprint density at radius 1 is 1.00 bits per heavy atom. The molecule has 2 aromatic carbocycles. The van der Waals surface area contributed by atoms with Crippen LogP contribution in [0.2, 0.25) is 0 Å². The number of aromatic nitrogens is 4. The van der Waals surface area contributed by atoms with Crippen LogP contribution < -0.4 is 20.1 Å². The van der Waals surface area contributed by atoms with Crippen molar-refractivity contribution < 1.29 is 19.1 Å².